The molecule has 0 spiro atoms. The third-order valence-corrected chi connectivity index (χ3v) is 3.97. The second-order valence-corrected chi connectivity index (χ2v) is 5.48. The summed E-state index contributed by atoms with van der Waals surface area (Å²) in [5, 5.41) is 17.6. The Bertz CT molecular complexity index is 546. The molecule has 1 aromatic rings. The van der Waals surface area contributed by atoms with Crippen molar-refractivity contribution in [2.24, 2.45) is 0 Å². The van der Waals surface area contributed by atoms with Gasteiger partial charge in [0.25, 0.3) is 0 Å². The molecule has 17 heavy (non-hydrogen) atoms. The Kier molecular flexibility index (Phi) is 4.23. The summed E-state index contributed by atoms with van der Waals surface area (Å²) in [5.41, 5.74) is 0.842. The van der Waals surface area contributed by atoms with Crippen LogP contribution in [-0.4, -0.2) is 26.2 Å². The fraction of sp³-hybridized carbons (Fsp3) is 0.364. The predicted molar refractivity (Wildman–Crippen MR) is 62.8 cm³/mol. The third-order valence-electron chi connectivity index (χ3n) is 2.24. The van der Waals surface area contributed by atoms with Crippen molar-refractivity contribution in [2.45, 2.75) is 24.8 Å². The zero-order valence-corrected chi connectivity index (χ0v) is 10.5. The maximum atomic E-state index is 12.0. The van der Waals surface area contributed by atoms with Crippen LogP contribution < -0.4 is 4.72 Å². The lowest BCUT2D eigenvalue weighted by Gasteiger charge is -2.13. The van der Waals surface area contributed by atoms with E-state index in [2.05, 4.69) is 4.72 Å². The van der Waals surface area contributed by atoms with Crippen LogP contribution in [0, 0.1) is 18.3 Å². The van der Waals surface area contributed by atoms with E-state index in [1.54, 1.807) is 26.0 Å². The molecule has 1 rings (SSSR count). The summed E-state index contributed by atoms with van der Waals surface area (Å²) in [6.07, 6.45) is 0. The molecular weight excluding hydrogens is 240 g/mol. The number of hydrogen-bond acceptors (Lipinski definition) is 4. The van der Waals surface area contributed by atoms with Gasteiger partial charge >= 0.3 is 0 Å². The fourth-order valence-corrected chi connectivity index (χ4v) is 2.83. The van der Waals surface area contributed by atoms with Crippen LogP contribution in [-0.2, 0) is 10.0 Å². The van der Waals surface area contributed by atoms with Crippen molar-refractivity contribution in [3.05, 3.63) is 29.3 Å². The number of aryl methyl sites for hydroxylation is 1. The van der Waals surface area contributed by atoms with E-state index in [4.69, 9.17) is 10.4 Å². The molecule has 1 atom stereocenters. The quantitative estimate of drug-likeness (QED) is 0.820. The maximum absolute atomic E-state index is 12.0. The SMILES string of the molecule is Cc1ccc(C#N)cc1S(=O)(=O)N[C@H](C)CO. The van der Waals surface area contributed by atoms with E-state index in [1.807, 2.05) is 6.07 Å². The van der Waals surface area contributed by atoms with Gasteiger partial charge < -0.3 is 5.11 Å². The first-order chi connectivity index (χ1) is 7.90. The smallest absolute Gasteiger partial charge is 0.241 e. The minimum atomic E-state index is -3.70. The molecule has 0 saturated heterocycles. The van der Waals surface area contributed by atoms with Gasteiger partial charge in [0, 0.05) is 6.04 Å². The molecule has 0 aliphatic carbocycles. The van der Waals surface area contributed by atoms with Crippen molar-refractivity contribution in [2.75, 3.05) is 6.61 Å². The van der Waals surface area contributed by atoms with Crippen molar-refractivity contribution in [3.8, 4) is 6.07 Å². The number of benzene rings is 1. The Morgan fingerprint density at radius 3 is 2.71 bits per heavy atom. The van der Waals surface area contributed by atoms with Crippen LogP contribution in [0.5, 0.6) is 0 Å². The number of nitrogens with one attached hydrogen (secondary N) is 1. The molecule has 0 radical (unpaired) electrons. The Labute approximate surface area is 101 Å². The Morgan fingerprint density at radius 2 is 2.18 bits per heavy atom. The molecule has 0 aliphatic heterocycles. The fourth-order valence-electron chi connectivity index (χ4n) is 1.32. The Balaban J connectivity index is 3.19. The average molecular weight is 254 g/mol. The third kappa shape index (κ3) is 3.27. The van der Waals surface area contributed by atoms with Gasteiger partial charge in [0.1, 0.15) is 0 Å². The number of sulfonamides is 1. The highest BCUT2D eigenvalue weighted by Gasteiger charge is 2.19. The highest BCUT2D eigenvalue weighted by atomic mass is 32.2. The number of hydrogen-bond donors (Lipinski definition) is 2. The van der Waals surface area contributed by atoms with Gasteiger partial charge in [-0.25, -0.2) is 13.1 Å². The van der Waals surface area contributed by atoms with E-state index in [0.29, 0.717) is 5.56 Å². The summed E-state index contributed by atoms with van der Waals surface area (Å²) in [7, 11) is -3.70. The van der Waals surface area contributed by atoms with Crippen LogP contribution in [0.15, 0.2) is 23.1 Å². The van der Waals surface area contributed by atoms with Gasteiger partial charge in [-0.2, -0.15) is 5.26 Å². The Morgan fingerprint density at radius 1 is 1.53 bits per heavy atom. The van der Waals surface area contributed by atoms with Crippen LogP contribution in [0.3, 0.4) is 0 Å². The molecule has 5 nitrogen and oxygen atoms in total. The molecule has 0 aliphatic rings. The topological polar surface area (TPSA) is 90.2 Å². The lowest BCUT2D eigenvalue weighted by atomic mass is 10.2. The van der Waals surface area contributed by atoms with Crippen LogP contribution in [0.25, 0.3) is 0 Å². The number of nitrogens with zero attached hydrogens (tertiary/aromatic N) is 1. The zero-order chi connectivity index (χ0) is 13.1. The number of aliphatic hydroxyl groups excluding tert-OH is 1. The normalized spacial score (nSPS) is 13.1. The minimum Gasteiger partial charge on any atom is -0.395 e. The van der Waals surface area contributed by atoms with Crippen LogP contribution in [0.1, 0.15) is 18.1 Å². The molecule has 92 valence electrons. The summed E-state index contributed by atoms with van der Waals surface area (Å²) in [4.78, 5) is 0.0665. The van der Waals surface area contributed by atoms with Crippen molar-refractivity contribution < 1.29 is 13.5 Å². The number of aliphatic hydroxyl groups is 1. The summed E-state index contributed by atoms with van der Waals surface area (Å²) in [6, 6.07) is 5.79. The molecule has 6 heteroatoms. The van der Waals surface area contributed by atoms with E-state index in [9.17, 15) is 8.42 Å². The number of nitriles is 1. The lowest BCUT2D eigenvalue weighted by molar-refractivity contribution is 0.265. The second-order valence-electron chi connectivity index (χ2n) is 3.80. The first-order valence-corrected chi connectivity index (χ1v) is 6.53. The van der Waals surface area contributed by atoms with Gasteiger partial charge in [-0.05, 0) is 31.5 Å². The summed E-state index contributed by atoms with van der Waals surface area (Å²) in [6.45, 7) is 2.93. The maximum Gasteiger partial charge on any atom is 0.241 e. The van der Waals surface area contributed by atoms with E-state index >= 15 is 0 Å². The predicted octanol–water partition coefficient (Wildman–Crippen LogP) is 0.526. The van der Waals surface area contributed by atoms with E-state index in [-0.39, 0.29) is 17.1 Å². The van der Waals surface area contributed by atoms with Crippen LogP contribution in [0.2, 0.25) is 0 Å². The van der Waals surface area contributed by atoms with Crippen molar-refractivity contribution >= 4 is 10.0 Å². The van der Waals surface area contributed by atoms with Gasteiger partial charge in [0.05, 0.1) is 23.1 Å². The lowest BCUT2D eigenvalue weighted by Crippen LogP contribution is -2.35. The average Bonchev–Trinajstić information content (AvgIpc) is 2.28. The van der Waals surface area contributed by atoms with Gasteiger partial charge in [0.2, 0.25) is 10.0 Å². The zero-order valence-electron chi connectivity index (χ0n) is 9.64. The molecular formula is C11H14N2O3S. The molecule has 1 aromatic carbocycles. The number of rotatable bonds is 4. The van der Waals surface area contributed by atoms with Gasteiger partial charge in [-0.3, -0.25) is 0 Å². The summed E-state index contributed by atoms with van der Waals surface area (Å²) in [5.74, 6) is 0. The summed E-state index contributed by atoms with van der Waals surface area (Å²) >= 11 is 0. The highest BCUT2D eigenvalue weighted by Crippen LogP contribution is 2.16. The highest BCUT2D eigenvalue weighted by molar-refractivity contribution is 7.89. The molecule has 0 bridgehead atoms. The van der Waals surface area contributed by atoms with Crippen LogP contribution >= 0.6 is 0 Å². The monoisotopic (exact) mass is 254 g/mol. The summed E-state index contributed by atoms with van der Waals surface area (Å²) < 4.78 is 26.2. The molecule has 0 saturated carbocycles. The van der Waals surface area contributed by atoms with Crippen molar-refractivity contribution in [1.82, 2.24) is 4.72 Å². The largest absolute Gasteiger partial charge is 0.395 e. The molecule has 0 unspecified atom stereocenters. The first kappa shape index (κ1) is 13.6. The minimum absolute atomic E-state index is 0.0665. The van der Waals surface area contributed by atoms with Gasteiger partial charge in [-0.15, -0.1) is 0 Å². The van der Waals surface area contributed by atoms with E-state index in [1.165, 1.54) is 6.07 Å². The van der Waals surface area contributed by atoms with Crippen molar-refractivity contribution in [3.63, 3.8) is 0 Å². The molecule has 0 heterocycles. The van der Waals surface area contributed by atoms with Crippen LogP contribution in [0.4, 0.5) is 0 Å². The Hall–Kier alpha value is -1.42. The second kappa shape index (κ2) is 5.27. The molecule has 0 fully saturated rings. The van der Waals surface area contributed by atoms with E-state index in [0.717, 1.165) is 0 Å². The molecule has 0 amide bonds. The standard InChI is InChI=1S/C11H14N2O3S/c1-8-3-4-10(6-12)5-11(8)17(15,16)13-9(2)7-14/h3-5,9,13-14H,7H2,1-2H3/t9-/m1/s1. The van der Waals surface area contributed by atoms with Gasteiger partial charge in [-0.1, -0.05) is 6.07 Å². The van der Waals surface area contributed by atoms with Gasteiger partial charge in [0.15, 0.2) is 0 Å². The van der Waals surface area contributed by atoms with E-state index < -0.39 is 16.1 Å². The molecule has 2 N–H and O–H groups in total. The first-order valence-electron chi connectivity index (χ1n) is 5.04. The van der Waals surface area contributed by atoms with Crippen molar-refractivity contribution in [1.29, 1.82) is 5.26 Å². The molecule has 0 aromatic heterocycles.